The topological polar surface area (TPSA) is 56.5 Å². The molecular formula is C9H20N2O2. The van der Waals surface area contributed by atoms with Crippen LogP contribution in [0.15, 0.2) is 0 Å². The minimum atomic E-state index is 0.201. The molecule has 0 amide bonds. The molecule has 1 fully saturated rings. The molecular weight excluding hydrogens is 168 g/mol. The highest BCUT2D eigenvalue weighted by molar-refractivity contribution is 4.76. The molecule has 0 aromatic carbocycles. The van der Waals surface area contributed by atoms with Crippen molar-refractivity contribution in [1.82, 2.24) is 5.32 Å². The van der Waals surface area contributed by atoms with Crippen LogP contribution in [0.3, 0.4) is 0 Å². The molecule has 13 heavy (non-hydrogen) atoms. The van der Waals surface area contributed by atoms with Crippen molar-refractivity contribution < 1.29 is 9.47 Å². The van der Waals surface area contributed by atoms with Gasteiger partial charge in [-0.2, -0.15) is 0 Å². The number of nitrogens with one attached hydrogen (secondary N) is 1. The maximum Gasteiger partial charge on any atom is 0.0967 e. The lowest BCUT2D eigenvalue weighted by atomic mass is 9.95. The smallest absolute Gasteiger partial charge is 0.0967 e. The third-order valence-corrected chi connectivity index (χ3v) is 2.39. The summed E-state index contributed by atoms with van der Waals surface area (Å²) in [5.74, 6) is 0. The van der Waals surface area contributed by atoms with Gasteiger partial charge in [0.1, 0.15) is 0 Å². The SMILES string of the molecule is CNCOC1CCCCC1OCN. The van der Waals surface area contributed by atoms with Crippen LogP contribution in [-0.2, 0) is 9.47 Å². The van der Waals surface area contributed by atoms with Gasteiger partial charge < -0.3 is 15.2 Å². The molecule has 0 saturated heterocycles. The molecule has 4 nitrogen and oxygen atoms in total. The first-order valence-electron chi connectivity index (χ1n) is 4.96. The molecule has 1 aliphatic rings. The zero-order valence-corrected chi connectivity index (χ0v) is 8.29. The fourth-order valence-corrected chi connectivity index (χ4v) is 1.76. The number of hydrogen-bond acceptors (Lipinski definition) is 4. The highest BCUT2D eigenvalue weighted by Gasteiger charge is 2.25. The van der Waals surface area contributed by atoms with Crippen LogP contribution in [0, 0.1) is 0 Å². The molecule has 78 valence electrons. The second kappa shape index (κ2) is 6.32. The molecule has 2 unspecified atom stereocenters. The molecule has 2 atom stereocenters. The van der Waals surface area contributed by atoms with Crippen LogP contribution in [0.4, 0.5) is 0 Å². The minimum Gasteiger partial charge on any atom is -0.361 e. The van der Waals surface area contributed by atoms with Gasteiger partial charge in [-0.3, -0.25) is 5.32 Å². The Morgan fingerprint density at radius 2 is 1.85 bits per heavy atom. The van der Waals surface area contributed by atoms with Crippen molar-refractivity contribution in [2.45, 2.75) is 37.9 Å². The van der Waals surface area contributed by atoms with E-state index in [-0.39, 0.29) is 12.2 Å². The summed E-state index contributed by atoms with van der Waals surface area (Å²) >= 11 is 0. The largest absolute Gasteiger partial charge is 0.361 e. The third-order valence-electron chi connectivity index (χ3n) is 2.39. The van der Waals surface area contributed by atoms with Crippen LogP contribution >= 0.6 is 0 Å². The first kappa shape index (κ1) is 10.9. The van der Waals surface area contributed by atoms with Crippen molar-refractivity contribution in [3.8, 4) is 0 Å². The van der Waals surface area contributed by atoms with Crippen molar-refractivity contribution in [3.05, 3.63) is 0 Å². The van der Waals surface area contributed by atoms with Gasteiger partial charge in [0, 0.05) is 0 Å². The predicted molar refractivity (Wildman–Crippen MR) is 51.2 cm³/mol. The quantitative estimate of drug-likeness (QED) is 0.614. The summed E-state index contributed by atoms with van der Waals surface area (Å²) in [4.78, 5) is 0. The summed E-state index contributed by atoms with van der Waals surface area (Å²) in [5.41, 5.74) is 5.36. The van der Waals surface area contributed by atoms with Gasteiger partial charge in [-0.1, -0.05) is 12.8 Å². The molecule has 4 heteroatoms. The van der Waals surface area contributed by atoms with Gasteiger partial charge in [0.05, 0.1) is 25.7 Å². The van der Waals surface area contributed by atoms with Crippen LogP contribution < -0.4 is 11.1 Å². The standard InChI is InChI=1S/C9H20N2O2/c1-11-7-13-9-5-3-2-4-8(9)12-6-10/h8-9,11H,2-7,10H2,1H3. The number of ether oxygens (including phenoxy) is 2. The Balaban J connectivity index is 2.28. The molecule has 1 saturated carbocycles. The molecule has 0 bridgehead atoms. The van der Waals surface area contributed by atoms with E-state index in [4.69, 9.17) is 15.2 Å². The number of nitrogens with two attached hydrogens (primary N) is 1. The summed E-state index contributed by atoms with van der Waals surface area (Å²) in [5, 5.41) is 2.97. The monoisotopic (exact) mass is 188 g/mol. The summed E-state index contributed by atoms with van der Waals surface area (Å²) < 4.78 is 11.0. The van der Waals surface area contributed by atoms with Crippen molar-refractivity contribution >= 4 is 0 Å². The van der Waals surface area contributed by atoms with E-state index < -0.39 is 0 Å². The maximum atomic E-state index is 5.61. The zero-order valence-electron chi connectivity index (χ0n) is 8.29. The van der Waals surface area contributed by atoms with Gasteiger partial charge in [0.25, 0.3) is 0 Å². The Morgan fingerprint density at radius 1 is 1.23 bits per heavy atom. The second-order valence-electron chi connectivity index (χ2n) is 3.36. The molecule has 0 heterocycles. The van der Waals surface area contributed by atoms with Gasteiger partial charge in [0.15, 0.2) is 0 Å². The van der Waals surface area contributed by atoms with E-state index in [1.807, 2.05) is 7.05 Å². The van der Waals surface area contributed by atoms with E-state index in [9.17, 15) is 0 Å². The Hall–Kier alpha value is -0.160. The van der Waals surface area contributed by atoms with Crippen molar-refractivity contribution in [1.29, 1.82) is 0 Å². The van der Waals surface area contributed by atoms with Crippen LogP contribution in [0.2, 0.25) is 0 Å². The molecule has 1 aliphatic carbocycles. The van der Waals surface area contributed by atoms with E-state index in [1.54, 1.807) is 0 Å². The lowest BCUT2D eigenvalue weighted by molar-refractivity contribution is -0.0938. The lowest BCUT2D eigenvalue weighted by Crippen LogP contribution is -2.37. The number of hydrogen-bond donors (Lipinski definition) is 2. The fraction of sp³-hybridized carbons (Fsp3) is 1.00. The summed E-state index contributed by atoms with van der Waals surface area (Å²) in [6.45, 7) is 0.888. The molecule has 0 aromatic rings. The van der Waals surface area contributed by atoms with Gasteiger partial charge in [0.2, 0.25) is 0 Å². The Kier molecular flexibility index (Phi) is 5.31. The van der Waals surface area contributed by atoms with Crippen LogP contribution in [0.1, 0.15) is 25.7 Å². The van der Waals surface area contributed by atoms with Crippen LogP contribution in [0.5, 0.6) is 0 Å². The molecule has 0 aromatic heterocycles. The fourth-order valence-electron chi connectivity index (χ4n) is 1.76. The minimum absolute atomic E-state index is 0.201. The van der Waals surface area contributed by atoms with Crippen molar-refractivity contribution in [3.63, 3.8) is 0 Å². The second-order valence-corrected chi connectivity index (χ2v) is 3.36. The zero-order chi connectivity index (χ0) is 9.52. The van der Waals surface area contributed by atoms with E-state index in [1.165, 1.54) is 12.8 Å². The van der Waals surface area contributed by atoms with Crippen LogP contribution in [-0.4, -0.2) is 32.7 Å². The average Bonchev–Trinajstić information content (AvgIpc) is 2.17. The molecule has 3 N–H and O–H groups in total. The maximum absolute atomic E-state index is 5.61. The van der Waals surface area contributed by atoms with E-state index in [0.717, 1.165) is 12.8 Å². The Morgan fingerprint density at radius 3 is 2.38 bits per heavy atom. The normalized spacial score (nSPS) is 29.1. The first-order chi connectivity index (χ1) is 6.38. The number of rotatable bonds is 5. The molecule has 1 rings (SSSR count). The average molecular weight is 188 g/mol. The third kappa shape index (κ3) is 3.60. The highest BCUT2D eigenvalue weighted by Crippen LogP contribution is 2.23. The first-order valence-corrected chi connectivity index (χ1v) is 4.96. The molecule has 0 aliphatic heterocycles. The van der Waals surface area contributed by atoms with E-state index in [2.05, 4.69) is 5.32 Å². The van der Waals surface area contributed by atoms with Gasteiger partial charge >= 0.3 is 0 Å². The lowest BCUT2D eigenvalue weighted by Gasteiger charge is -2.30. The molecule has 0 radical (unpaired) electrons. The highest BCUT2D eigenvalue weighted by atomic mass is 16.5. The predicted octanol–water partition coefficient (Wildman–Crippen LogP) is 0.424. The van der Waals surface area contributed by atoms with Crippen molar-refractivity contribution in [2.75, 3.05) is 20.5 Å². The van der Waals surface area contributed by atoms with Gasteiger partial charge in [-0.25, -0.2) is 0 Å². The summed E-state index contributed by atoms with van der Waals surface area (Å²) in [6, 6.07) is 0. The van der Waals surface area contributed by atoms with Gasteiger partial charge in [-0.15, -0.1) is 0 Å². The van der Waals surface area contributed by atoms with Gasteiger partial charge in [-0.05, 0) is 19.9 Å². The Labute approximate surface area is 79.8 Å². The van der Waals surface area contributed by atoms with Crippen LogP contribution in [0.25, 0.3) is 0 Å². The summed E-state index contributed by atoms with van der Waals surface area (Å²) in [7, 11) is 1.88. The molecule has 0 spiro atoms. The van der Waals surface area contributed by atoms with E-state index in [0.29, 0.717) is 13.5 Å². The van der Waals surface area contributed by atoms with E-state index >= 15 is 0 Å². The van der Waals surface area contributed by atoms with Crippen molar-refractivity contribution in [2.24, 2.45) is 5.73 Å². The Bertz CT molecular complexity index is 131. The summed E-state index contributed by atoms with van der Waals surface area (Å²) in [6.07, 6.45) is 5.05.